The lowest BCUT2D eigenvalue weighted by Gasteiger charge is -2.48. The van der Waals surface area contributed by atoms with Gasteiger partial charge in [-0.15, -0.1) is 23.2 Å². The number of hydrogen-bond donors (Lipinski definition) is 0. The van der Waals surface area contributed by atoms with Crippen molar-refractivity contribution < 1.29 is 28.5 Å². The standard InChI is InChI=1S/C15H18Cl4O6/c1-11(9(20)22-3)12(2,10(21)23-4)14(19)8(17)7(16)13(11,18)15(14,24-5)25-6/h1-6H3/t11-,12+,13-,14+. The molecule has 6 nitrogen and oxygen atoms in total. The summed E-state index contributed by atoms with van der Waals surface area (Å²) in [5, 5.41) is -0.326. The molecule has 0 aromatic rings. The van der Waals surface area contributed by atoms with Gasteiger partial charge in [-0.1, -0.05) is 23.2 Å². The number of rotatable bonds is 4. The van der Waals surface area contributed by atoms with E-state index in [0.29, 0.717) is 0 Å². The molecule has 0 aromatic carbocycles. The molecule has 0 radical (unpaired) electrons. The van der Waals surface area contributed by atoms with Crippen molar-refractivity contribution in [1.82, 2.24) is 0 Å². The van der Waals surface area contributed by atoms with Crippen LogP contribution in [0.2, 0.25) is 0 Å². The SMILES string of the molecule is COC(=O)[C@@]1(C)[C@@](C)(C(=O)OC)[C@]2(Cl)C(Cl)=C(Cl)[C@@]1(Cl)C2(OC)OC. The number of esters is 2. The molecule has 2 aliphatic rings. The largest absolute Gasteiger partial charge is 0.469 e. The molecule has 2 aliphatic carbocycles. The van der Waals surface area contributed by atoms with E-state index in [1.54, 1.807) is 0 Å². The van der Waals surface area contributed by atoms with Gasteiger partial charge in [0.2, 0.25) is 5.79 Å². The van der Waals surface area contributed by atoms with E-state index in [2.05, 4.69) is 0 Å². The Morgan fingerprint density at radius 1 is 0.760 bits per heavy atom. The van der Waals surface area contributed by atoms with Crippen LogP contribution in [-0.2, 0) is 28.5 Å². The number of carbonyl (C=O) groups is 2. The summed E-state index contributed by atoms with van der Waals surface area (Å²) < 4.78 is 21.0. The van der Waals surface area contributed by atoms with Gasteiger partial charge in [-0.25, -0.2) is 0 Å². The first-order chi connectivity index (χ1) is 11.4. The zero-order chi connectivity index (χ0) is 19.6. The molecule has 0 N–H and O–H groups in total. The highest BCUT2D eigenvalue weighted by atomic mass is 35.5. The third-order valence-corrected chi connectivity index (χ3v) is 8.71. The highest BCUT2D eigenvalue weighted by molar-refractivity contribution is 6.53. The van der Waals surface area contributed by atoms with E-state index in [4.69, 9.17) is 65.4 Å². The number of methoxy groups -OCH3 is 4. The molecule has 0 unspecified atom stereocenters. The van der Waals surface area contributed by atoms with Gasteiger partial charge in [0.25, 0.3) is 0 Å². The minimum atomic E-state index is -1.96. The molecule has 0 aromatic heterocycles. The molecule has 0 aliphatic heterocycles. The van der Waals surface area contributed by atoms with Crippen molar-refractivity contribution in [3.63, 3.8) is 0 Å². The number of carbonyl (C=O) groups excluding carboxylic acids is 2. The van der Waals surface area contributed by atoms with Crippen molar-refractivity contribution in [3.05, 3.63) is 10.1 Å². The minimum absolute atomic E-state index is 0.163. The number of fused-ring (bicyclic) bond motifs is 2. The molecule has 10 heteroatoms. The van der Waals surface area contributed by atoms with Gasteiger partial charge in [-0.05, 0) is 13.8 Å². The van der Waals surface area contributed by atoms with E-state index in [-0.39, 0.29) is 10.1 Å². The minimum Gasteiger partial charge on any atom is -0.469 e. The second-order valence-electron chi connectivity index (χ2n) is 6.20. The maximum atomic E-state index is 12.9. The molecule has 1 fully saturated rings. The van der Waals surface area contributed by atoms with Crippen molar-refractivity contribution in [3.8, 4) is 0 Å². The van der Waals surface area contributed by atoms with Crippen LogP contribution in [0, 0.1) is 10.8 Å². The Hall–Kier alpha value is -0.240. The second-order valence-corrected chi connectivity index (χ2v) is 8.09. The lowest BCUT2D eigenvalue weighted by Crippen LogP contribution is -2.61. The van der Waals surface area contributed by atoms with Crippen LogP contribution in [-0.4, -0.2) is 55.9 Å². The first kappa shape index (κ1) is 21.1. The summed E-state index contributed by atoms with van der Waals surface area (Å²) in [7, 11) is 4.83. The topological polar surface area (TPSA) is 71.1 Å². The highest BCUT2D eigenvalue weighted by Crippen LogP contribution is 2.82. The molecule has 0 heterocycles. The number of ether oxygens (including phenoxy) is 4. The third-order valence-electron chi connectivity index (χ3n) is 5.84. The smallest absolute Gasteiger partial charge is 0.315 e. The fourth-order valence-corrected chi connectivity index (χ4v) is 6.73. The second kappa shape index (κ2) is 5.88. The maximum Gasteiger partial charge on any atom is 0.315 e. The van der Waals surface area contributed by atoms with Crippen LogP contribution in [0.25, 0.3) is 0 Å². The van der Waals surface area contributed by atoms with E-state index in [9.17, 15) is 9.59 Å². The van der Waals surface area contributed by atoms with Gasteiger partial charge in [0.05, 0.1) is 24.3 Å². The Morgan fingerprint density at radius 3 is 1.24 bits per heavy atom. The molecule has 2 bridgehead atoms. The predicted octanol–water partition coefficient (Wildman–Crippen LogP) is 3.01. The van der Waals surface area contributed by atoms with Crippen LogP contribution < -0.4 is 0 Å². The average molecular weight is 436 g/mol. The number of alkyl halides is 2. The van der Waals surface area contributed by atoms with Crippen LogP contribution in [0.15, 0.2) is 10.1 Å². The van der Waals surface area contributed by atoms with E-state index in [0.717, 1.165) is 14.2 Å². The summed E-state index contributed by atoms with van der Waals surface area (Å²) in [6.45, 7) is 2.79. The zero-order valence-electron chi connectivity index (χ0n) is 14.5. The Labute approximate surface area is 165 Å². The number of hydrogen-bond acceptors (Lipinski definition) is 6. The summed E-state index contributed by atoms with van der Waals surface area (Å²) >= 11 is 26.6. The highest BCUT2D eigenvalue weighted by Gasteiger charge is 2.96. The molecule has 25 heavy (non-hydrogen) atoms. The molecule has 0 saturated heterocycles. The van der Waals surface area contributed by atoms with E-state index in [1.165, 1.54) is 28.1 Å². The summed E-state index contributed by atoms with van der Waals surface area (Å²) in [6.07, 6.45) is 0. The molecular formula is C15H18Cl4O6. The van der Waals surface area contributed by atoms with Crippen molar-refractivity contribution in [2.75, 3.05) is 28.4 Å². The van der Waals surface area contributed by atoms with Crippen molar-refractivity contribution in [1.29, 1.82) is 0 Å². The van der Waals surface area contributed by atoms with Gasteiger partial charge >= 0.3 is 11.9 Å². The van der Waals surface area contributed by atoms with Crippen LogP contribution in [0.3, 0.4) is 0 Å². The Kier molecular flexibility index (Phi) is 4.95. The maximum absolute atomic E-state index is 12.9. The van der Waals surface area contributed by atoms with Crippen LogP contribution >= 0.6 is 46.4 Å². The summed E-state index contributed by atoms with van der Waals surface area (Å²) in [4.78, 5) is 21.8. The van der Waals surface area contributed by atoms with E-state index >= 15 is 0 Å². The summed E-state index contributed by atoms with van der Waals surface area (Å²) in [5.74, 6) is -3.65. The van der Waals surface area contributed by atoms with E-state index in [1.807, 2.05) is 0 Å². The molecule has 2 rings (SSSR count). The zero-order valence-corrected chi connectivity index (χ0v) is 17.5. The fraction of sp³-hybridized carbons (Fsp3) is 0.733. The lowest BCUT2D eigenvalue weighted by molar-refractivity contribution is -0.226. The van der Waals surface area contributed by atoms with Crippen LogP contribution in [0.1, 0.15) is 13.8 Å². The molecular weight excluding hydrogens is 418 g/mol. The van der Waals surface area contributed by atoms with Gasteiger partial charge < -0.3 is 18.9 Å². The summed E-state index contributed by atoms with van der Waals surface area (Å²) in [5.41, 5.74) is -3.68. The molecule has 4 atom stereocenters. The van der Waals surface area contributed by atoms with Crippen molar-refractivity contribution in [2.24, 2.45) is 10.8 Å². The van der Waals surface area contributed by atoms with Gasteiger partial charge in [-0.2, -0.15) is 0 Å². The van der Waals surface area contributed by atoms with Gasteiger partial charge in [0, 0.05) is 14.2 Å². The normalized spacial score (nSPS) is 41.8. The van der Waals surface area contributed by atoms with Gasteiger partial charge in [0.15, 0.2) is 9.75 Å². The third kappa shape index (κ3) is 1.64. The summed E-state index contributed by atoms with van der Waals surface area (Å²) in [6, 6.07) is 0. The Bertz CT molecular complexity index is 625. The average Bonchev–Trinajstić information content (AvgIpc) is 2.82. The van der Waals surface area contributed by atoms with Crippen LogP contribution in [0.4, 0.5) is 0 Å². The monoisotopic (exact) mass is 434 g/mol. The van der Waals surface area contributed by atoms with Gasteiger partial charge in [0.1, 0.15) is 10.8 Å². The molecule has 1 saturated carbocycles. The predicted molar refractivity (Wildman–Crippen MR) is 92.9 cm³/mol. The molecule has 0 spiro atoms. The van der Waals surface area contributed by atoms with Crippen LogP contribution in [0.5, 0.6) is 0 Å². The fourth-order valence-electron chi connectivity index (χ4n) is 4.36. The Balaban J connectivity index is 3.11. The lowest BCUT2D eigenvalue weighted by atomic mass is 9.59. The first-order valence-corrected chi connectivity index (χ1v) is 8.63. The molecule has 0 amide bonds. The quantitative estimate of drug-likeness (QED) is 0.384. The number of halogens is 4. The van der Waals surface area contributed by atoms with Crippen molar-refractivity contribution in [2.45, 2.75) is 29.4 Å². The van der Waals surface area contributed by atoms with Gasteiger partial charge in [-0.3, -0.25) is 9.59 Å². The molecule has 142 valence electrons. The van der Waals surface area contributed by atoms with E-state index < -0.39 is 38.3 Å². The van der Waals surface area contributed by atoms with Crippen molar-refractivity contribution >= 4 is 58.3 Å². The first-order valence-electron chi connectivity index (χ1n) is 7.11. The Morgan fingerprint density at radius 2 is 1.04 bits per heavy atom.